The molecule has 0 radical (unpaired) electrons. The van der Waals surface area contributed by atoms with Crippen LogP contribution in [0.5, 0.6) is 0 Å². The van der Waals surface area contributed by atoms with Crippen LogP contribution in [0, 0.1) is 5.41 Å². The van der Waals surface area contributed by atoms with Gasteiger partial charge in [0.25, 0.3) is 0 Å². The first kappa shape index (κ1) is 13.8. The van der Waals surface area contributed by atoms with Gasteiger partial charge in [-0.25, -0.2) is 0 Å². The summed E-state index contributed by atoms with van der Waals surface area (Å²) in [5.74, 6) is 0. The lowest BCUT2D eigenvalue weighted by Crippen LogP contribution is -2.40. The number of aliphatic hydroxyl groups excluding tert-OH is 1. The number of benzene rings is 1. The molecule has 100 valence electrons. The highest BCUT2D eigenvalue weighted by Gasteiger charge is 2.28. The van der Waals surface area contributed by atoms with Crippen LogP contribution in [0.15, 0.2) is 28.7 Å². The average Bonchev–Trinajstić information content (AvgIpc) is 2.48. The van der Waals surface area contributed by atoms with Crippen molar-refractivity contribution < 1.29 is 5.11 Å². The first-order chi connectivity index (χ1) is 8.50. The lowest BCUT2D eigenvalue weighted by Gasteiger charge is -2.31. The summed E-state index contributed by atoms with van der Waals surface area (Å²) in [7, 11) is 0. The molecule has 1 atom stereocenters. The van der Waals surface area contributed by atoms with Crippen molar-refractivity contribution in [1.82, 2.24) is 5.32 Å². The highest BCUT2D eigenvalue weighted by atomic mass is 79.9. The molecule has 1 saturated heterocycles. The molecular weight excluding hydrogens is 292 g/mol. The molecule has 0 spiro atoms. The number of halogens is 1. The predicted molar refractivity (Wildman–Crippen MR) is 79.0 cm³/mol. The van der Waals surface area contributed by atoms with Gasteiger partial charge in [-0.15, -0.1) is 0 Å². The molecule has 3 nitrogen and oxygen atoms in total. The molecule has 1 aliphatic heterocycles. The highest BCUT2D eigenvalue weighted by molar-refractivity contribution is 9.10. The summed E-state index contributed by atoms with van der Waals surface area (Å²) in [6, 6.07) is 8.53. The molecule has 1 aromatic carbocycles. The van der Waals surface area contributed by atoms with E-state index < -0.39 is 0 Å². The van der Waals surface area contributed by atoms with E-state index in [-0.39, 0.29) is 18.1 Å². The van der Waals surface area contributed by atoms with E-state index in [1.165, 1.54) is 5.69 Å². The van der Waals surface area contributed by atoms with E-state index in [9.17, 15) is 5.11 Å². The molecular formula is C14H21BrN2O. The largest absolute Gasteiger partial charge is 0.395 e. The molecule has 0 amide bonds. The van der Waals surface area contributed by atoms with Crippen molar-refractivity contribution in [2.75, 3.05) is 31.1 Å². The Morgan fingerprint density at radius 3 is 2.67 bits per heavy atom. The quantitative estimate of drug-likeness (QED) is 0.879. The van der Waals surface area contributed by atoms with Gasteiger partial charge in [-0.05, 0) is 29.7 Å². The highest BCUT2D eigenvalue weighted by Crippen LogP contribution is 2.25. The summed E-state index contributed by atoms with van der Waals surface area (Å²) < 4.78 is 1.09. The van der Waals surface area contributed by atoms with Gasteiger partial charge in [-0.2, -0.15) is 0 Å². The van der Waals surface area contributed by atoms with E-state index >= 15 is 0 Å². The number of anilines is 1. The first-order valence-electron chi connectivity index (χ1n) is 6.35. The van der Waals surface area contributed by atoms with Gasteiger partial charge in [-0.3, -0.25) is 0 Å². The zero-order valence-electron chi connectivity index (χ0n) is 11.0. The van der Waals surface area contributed by atoms with Crippen LogP contribution in [0.2, 0.25) is 0 Å². The Balaban J connectivity index is 2.20. The monoisotopic (exact) mass is 312 g/mol. The number of nitrogens with one attached hydrogen (secondary N) is 1. The average molecular weight is 313 g/mol. The molecule has 18 heavy (non-hydrogen) atoms. The molecule has 0 aliphatic carbocycles. The van der Waals surface area contributed by atoms with Crippen LogP contribution in [0.3, 0.4) is 0 Å². The Morgan fingerprint density at radius 2 is 2.06 bits per heavy atom. The maximum Gasteiger partial charge on any atom is 0.0601 e. The molecule has 0 aromatic heterocycles. The normalized spacial score (nSPS) is 23.8. The van der Waals surface area contributed by atoms with E-state index in [0.29, 0.717) is 0 Å². The maximum absolute atomic E-state index is 9.40. The lowest BCUT2D eigenvalue weighted by atomic mass is 9.93. The third-order valence-electron chi connectivity index (χ3n) is 3.34. The molecule has 1 unspecified atom stereocenters. The summed E-state index contributed by atoms with van der Waals surface area (Å²) in [6.45, 7) is 7.48. The van der Waals surface area contributed by atoms with Crippen LogP contribution in [-0.4, -0.2) is 37.4 Å². The molecule has 1 aliphatic rings. The Morgan fingerprint density at radius 1 is 1.39 bits per heavy atom. The molecule has 1 aromatic rings. The van der Waals surface area contributed by atoms with E-state index in [1.54, 1.807) is 0 Å². The third-order valence-corrected chi connectivity index (χ3v) is 3.87. The van der Waals surface area contributed by atoms with Crippen LogP contribution < -0.4 is 10.2 Å². The number of nitrogens with zero attached hydrogens (tertiary/aromatic N) is 1. The van der Waals surface area contributed by atoms with Crippen molar-refractivity contribution in [3.63, 3.8) is 0 Å². The van der Waals surface area contributed by atoms with Crippen LogP contribution in [0.4, 0.5) is 5.69 Å². The van der Waals surface area contributed by atoms with Crippen LogP contribution >= 0.6 is 15.9 Å². The fourth-order valence-corrected chi connectivity index (χ4v) is 2.62. The molecule has 4 heteroatoms. The molecule has 2 N–H and O–H groups in total. The minimum Gasteiger partial charge on any atom is -0.395 e. The van der Waals surface area contributed by atoms with Gasteiger partial charge < -0.3 is 15.3 Å². The summed E-state index contributed by atoms with van der Waals surface area (Å²) in [6.07, 6.45) is 0. The second kappa shape index (κ2) is 5.59. The van der Waals surface area contributed by atoms with E-state index in [4.69, 9.17) is 0 Å². The third kappa shape index (κ3) is 3.46. The van der Waals surface area contributed by atoms with Gasteiger partial charge >= 0.3 is 0 Å². The Hall–Kier alpha value is -0.580. The second-order valence-electron chi connectivity index (χ2n) is 5.78. The van der Waals surface area contributed by atoms with Crippen molar-refractivity contribution in [3.8, 4) is 0 Å². The molecule has 1 fully saturated rings. The van der Waals surface area contributed by atoms with Gasteiger partial charge in [-0.1, -0.05) is 29.8 Å². The maximum atomic E-state index is 9.40. The zero-order chi connectivity index (χ0) is 13.2. The Kier molecular flexibility index (Phi) is 4.30. The first-order valence-corrected chi connectivity index (χ1v) is 7.14. The summed E-state index contributed by atoms with van der Waals surface area (Å²) in [4.78, 5) is 2.35. The van der Waals surface area contributed by atoms with Gasteiger partial charge in [0.15, 0.2) is 0 Å². The van der Waals surface area contributed by atoms with E-state index in [2.05, 4.69) is 64.3 Å². The number of hydrogen-bond donors (Lipinski definition) is 2. The van der Waals surface area contributed by atoms with Crippen LogP contribution in [0.1, 0.15) is 13.8 Å². The van der Waals surface area contributed by atoms with E-state index in [0.717, 1.165) is 24.1 Å². The fraction of sp³-hybridized carbons (Fsp3) is 0.571. The fourth-order valence-electron chi connectivity index (χ4n) is 2.36. The van der Waals surface area contributed by atoms with Crippen molar-refractivity contribution in [3.05, 3.63) is 28.7 Å². The standard InChI is InChI=1S/C14H21BrN2O/c1-14(2)9-16-12(8-18)7-17(10-14)13-5-3-11(15)4-6-13/h3-6,12,16,18H,7-10H2,1-2H3. The van der Waals surface area contributed by atoms with Crippen LogP contribution in [-0.2, 0) is 0 Å². The molecule has 0 bridgehead atoms. The Labute approximate surface area is 117 Å². The number of rotatable bonds is 2. The molecule has 1 heterocycles. The minimum absolute atomic E-state index is 0.149. The van der Waals surface area contributed by atoms with Crippen molar-refractivity contribution in [2.24, 2.45) is 5.41 Å². The van der Waals surface area contributed by atoms with Gasteiger partial charge in [0, 0.05) is 35.8 Å². The second-order valence-corrected chi connectivity index (χ2v) is 6.70. The summed E-state index contributed by atoms with van der Waals surface area (Å²) in [5, 5.41) is 12.8. The molecule has 2 rings (SSSR count). The lowest BCUT2D eigenvalue weighted by molar-refractivity contribution is 0.242. The predicted octanol–water partition coefficient (Wildman–Crippen LogP) is 2.25. The smallest absolute Gasteiger partial charge is 0.0601 e. The number of hydrogen-bond acceptors (Lipinski definition) is 3. The minimum atomic E-state index is 0.149. The molecule has 0 saturated carbocycles. The topological polar surface area (TPSA) is 35.5 Å². The van der Waals surface area contributed by atoms with Crippen molar-refractivity contribution in [1.29, 1.82) is 0 Å². The van der Waals surface area contributed by atoms with Crippen molar-refractivity contribution >= 4 is 21.6 Å². The van der Waals surface area contributed by atoms with Crippen molar-refractivity contribution in [2.45, 2.75) is 19.9 Å². The summed E-state index contributed by atoms with van der Waals surface area (Å²) in [5.41, 5.74) is 1.42. The zero-order valence-corrected chi connectivity index (χ0v) is 12.6. The van der Waals surface area contributed by atoms with Gasteiger partial charge in [0.1, 0.15) is 0 Å². The van der Waals surface area contributed by atoms with Gasteiger partial charge in [0.2, 0.25) is 0 Å². The number of aliphatic hydroxyl groups is 1. The van der Waals surface area contributed by atoms with Gasteiger partial charge in [0.05, 0.1) is 6.61 Å². The van der Waals surface area contributed by atoms with Crippen LogP contribution in [0.25, 0.3) is 0 Å². The SMILES string of the molecule is CC1(C)CNC(CO)CN(c2ccc(Br)cc2)C1. The van der Waals surface area contributed by atoms with E-state index in [1.807, 2.05) is 0 Å². The Bertz CT molecular complexity index is 391. The summed E-state index contributed by atoms with van der Waals surface area (Å²) >= 11 is 3.46.